The molecule has 1 heterocycles. The summed E-state index contributed by atoms with van der Waals surface area (Å²) < 4.78 is 46.6. The van der Waals surface area contributed by atoms with Crippen molar-refractivity contribution in [1.29, 1.82) is 0 Å². The minimum Gasteiger partial charge on any atom is -0.481 e. The van der Waals surface area contributed by atoms with E-state index in [1.807, 2.05) is 12.1 Å². The molecule has 0 amide bonds. The molecule has 2 N–H and O–H groups in total. The number of benzene rings is 3. The van der Waals surface area contributed by atoms with Gasteiger partial charge in [-0.2, -0.15) is 18.2 Å². The number of carboxylic acids is 1. The molecule has 6 nitrogen and oxygen atoms in total. The van der Waals surface area contributed by atoms with Crippen LogP contribution in [0.3, 0.4) is 0 Å². The molecule has 182 valence electrons. The summed E-state index contributed by atoms with van der Waals surface area (Å²) in [6, 6.07) is 19.5. The predicted molar refractivity (Wildman–Crippen MR) is 127 cm³/mol. The molecule has 0 aliphatic rings. The van der Waals surface area contributed by atoms with Gasteiger partial charge in [0.1, 0.15) is 0 Å². The average molecular weight is 504 g/mol. The Labute approximate surface area is 205 Å². The van der Waals surface area contributed by atoms with Crippen LogP contribution in [0.15, 0.2) is 77.3 Å². The van der Waals surface area contributed by atoms with Gasteiger partial charge in [-0.3, -0.25) is 4.79 Å². The zero-order chi connectivity index (χ0) is 24.1. The molecule has 0 aliphatic carbocycles. The van der Waals surface area contributed by atoms with Gasteiger partial charge in [0.15, 0.2) is 0 Å². The molecular weight excluding hydrogens is 483 g/mol. The molecule has 0 bridgehead atoms. The minimum atomic E-state index is -4.56. The monoisotopic (exact) mass is 503 g/mol. The van der Waals surface area contributed by atoms with Crippen molar-refractivity contribution in [1.82, 2.24) is 15.5 Å². The maximum absolute atomic E-state index is 13.8. The van der Waals surface area contributed by atoms with Crippen LogP contribution in [0.25, 0.3) is 34.0 Å². The van der Waals surface area contributed by atoms with E-state index in [0.29, 0.717) is 24.2 Å². The van der Waals surface area contributed by atoms with Gasteiger partial charge in [0, 0.05) is 24.2 Å². The van der Waals surface area contributed by atoms with E-state index in [1.54, 1.807) is 42.5 Å². The molecule has 3 aromatic carbocycles. The molecule has 4 aromatic rings. The topological polar surface area (TPSA) is 88.2 Å². The smallest absolute Gasteiger partial charge is 0.417 e. The zero-order valence-electron chi connectivity index (χ0n) is 18.2. The summed E-state index contributed by atoms with van der Waals surface area (Å²) in [6.45, 7) is 0.854. The van der Waals surface area contributed by atoms with Crippen molar-refractivity contribution >= 4 is 18.4 Å². The van der Waals surface area contributed by atoms with Gasteiger partial charge >= 0.3 is 12.1 Å². The van der Waals surface area contributed by atoms with Crippen LogP contribution in [0.2, 0.25) is 0 Å². The van der Waals surface area contributed by atoms with Crippen molar-refractivity contribution in [2.24, 2.45) is 0 Å². The first-order valence-electron chi connectivity index (χ1n) is 10.4. The Kier molecular flexibility index (Phi) is 8.26. The highest BCUT2D eigenvalue weighted by Crippen LogP contribution is 2.39. The van der Waals surface area contributed by atoms with E-state index < -0.39 is 17.7 Å². The van der Waals surface area contributed by atoms with E-state index in [4.69, 9.17) is 9.63 Å². The average Bonchev–Trinajstić information content (AvgIpc) is 3.32. The fraction of sp³-hybridized carbons (Fsp3) is 0.160. The summed E-state index contributed by atoms with van der Waals surface area (Å²) in [5.41, 5.74) is 1.50. The second-order valence-corrected chi connectivity index (χ2v) is 7.56. The summed E-state index contributed by atoms with van der Waals surface area (Å²) in [4.78, 5) is 14.8. The van der Waals surface area contributed by atoms with Gasteiger partial charge in [-0.05, 0) is 28.8 Å². The Morgan fingerprint density at radius 2 is 1.63 bits per heavy atom. The lowest BCUT2D eigenvalue weighted by Gasteiger charge is -2.14. The molecular formula is C25H21ClF3N3O3. The molecule has 10 heteroatoms. The van der Waals surface area contributed by atoms with Crippen molar-refractivity contribution in [3.05, 3.63) is 83.9 Å². The summed E-state index contributed by atoms with van der Waals surface area (Å²) >= 11 is 0. The first kappa shape index (κ1) is 25.9. The zero-order valence-corrected chi connectivity index (χ0v) is 19.1. The van der Waals surface area contributed by atoms with Crippen LogP contribution in [0, 0.1) is 0 Å². The van der Waals surface area contributed by atoms with Crippen LogP contribution in [-0.4, -0.2) is 27.8 Å². The maximum atomic E-state index is 13.8. The van der Waals surface area contributed by atoms with E-state index in [2.05, 4.69) is 15.5 Å². The number of halogens is 4. The van der Waals surface area contributed by atoms with Gasteiger partial charge in [0.2, 0.25) is 5.82 Å². The van der Waals surface area contributed by atoms with Crippen LogP contribution >= 0.6 is 12.4 Å². The Morgan fingerprint density at radius 1 is 0.943 bits per heavy atom. The number of hydrogen-bond donors (Lipinski definition) is 2. The van der Waals surface area contributed by atoms with Crippen molar-refractivity contribution < 1.29 is 27.6 Å². The number of carbonyl (C=O) groups is 1. The molecule has 4 rings (SSSR count). The number of nitrogens with zero attached hydrogens (tertiary/aromatic N) is 2. The highest BCUT2D eigenvalue weighted by molar-refractivity contribution is 5.85. The molecule has 1 aromatic heterocycles. The summed E-state index contributed by atoms with van der Waals surface area (Å²) in [5, 5.41) is 15.6. The maximum Gasteiger partial charge on any atom is 0.417 e. The minimum absolute atomic E-state index is 0. The Bertz CT molecular complexity index is 1280. The van der Waals surface area contributed by atoms with Crippen LogP contribution in [0.5, 0.6) is 0 Å². The van der Waals surface area contributed by atoms with E-state index in [1.165, 1.54) is 12.1 Å². The van der Waals surface area contributed by atoms with Gasteiger partial charge in [-0.1, -0.05) is 65.8 Å². The molecule has 0 saturated heterocycles. The van der Waals surface area contributed by atoms with E-state index in [-0.39, 0.29) is 41.7 Å². The normalized spacial score (nSPS) is 11.2. The van der Waals surface area contributed by atoms with Crippen LogP contribution in [0.1, 0.15) is 17.5 Å². The number of hydrogen-bond acceptors (Lipinski definition) is 5. The van der Waals surface area contributed by atoms with Gasteiger partial charge in [-0.25, -0.2) is 0 Å². The molecule has 0 aliphatic heterocycles. The Hall–Kier alpha value is -3.69. The Balaban J connectivity index is 0.00000342. The molecule has 35 heavy (non-hydrogen) atoms. The van der Waals surface area contributed by atoms with Gasteiger partial charge in [0.05, 0.1) is 12.0 Å². The first-order chi connectivity index (χ1) is 16.3. The lowest BCUT2D eigenvalue weighted by atomic mass is 9.97. The number of aliphatic carboxylic acids is 1. The molecule has 0 saturated carbocycles. The van der Waals surface area contributed by atoms with Crippen molar-refractivity contribution in [3.8, 4) is 34.0 Å². The molecule has 0 unspecified atom stereocenters. The lowest BCUT2D eigenvalue weighted by Crippen LogP contribution is -2.17. The Morgan fingerprint density at radius 3 is 2.29 bits per heavy atom. The number of carboxylic acid groups (broad SMARTS) is 1. The van der Waals surface area contributed by atoms with Gasteiger partial charge in [-0.15, -0.1) is 12.4 Å². The van der Waals surface area contributed by atoms with Crippen LogP contribution in [0.4, 0.5) is 13.2 Å². The number of aromatic nitrogens is 2. The standard InChI is InChI=1S/C25H20F3N3O3.ClH/c26-25(27,28)21-14-19(10-11-20(21)17-4-2-1-3-5-17)24-30-23(31-34-24)18-8-6-16(7-9-18)15-29-13-12-22(32)33;/h1-11,14,29H,12-13,15H2,(H,32,33);1H. The second-order valence-electron chi connectivity index (χ2n) is 7.56. The predicted octanol–water partition coefficient (Wildman–Crippen LogP) is 6.08. The number of alkyl halides is 3. The number of rotatable bonds is 8. The van der Waals surface area contributed by atoms with Crippen LogP contribution < -0.4 is 5.32 Å². The third-order valence-corrected chi connectivity index (χ3v) is 5.14. The van der Waals surface area contributed by atoms with Gasteiger partial charge in [0.25, 0.3) is 5.89 Å². The summed E-state index contributed by atoms with van der Waals surface area (Å²) in [7, 11) is 0. The molecule has 0 fully saturated rings. The summed E-state index contributed by atoms with van der Waals surface area (Å²) in [6.07, 6.45) is -4.52. The molecule has 0 spiro atoms. The fourth-order valence-electron chi connectivity index (χ4n) is 3.44. The van der Waals surface area contributed by atoms with Gasteiger partial charge < -0.3 is 14.9 Å². The molecule has 0 atom stereocenters. The summed E-state index contributed by atoms with van der Waals surface area (Å²) in [5.74, 6) is -0.631. The van der Waals surface area contributed by atoms with Crippen molar-refractivity contribution in [2.45, 2.75) is 19.1 Å². The quantitative estimate of drug-likeness (QED) is 0.283. The second kappa shape index (κ2) is 11.2. The fourth-order valence-corrected chi connectivity index (χ4v) is 3.44. The largest absolute Gasteiger partial charge is 0.481 e. The first-order valence-corrected chi connectivity index (χ1v) is 10.4. The van der Waals surface area contributed by atoms with E-state index >= 15 is 0 Å². The highest BCUT2D eigenvalue weighted by atomic mass is 35.5. The van der Waals surface area contributed by atoms with E-state index in [0.717, 1.165) is 11.6 Å². The van der Waals surface area contributed by atoms with Crippen molar-refractivity contribution in [3.63, 3.8) is 0 Å². The molecule has 0 radical (unpaired) electrons. The third-order valence-electron chi connectivity index (χ3n) is 5.14. The highest BCUT2D eigenvalue weighted by Gasteiger charge is 2.34. The van der Waals surface area contributed by atoms with Crippen LogP contribution in [-0.2, 0) is 17.5 Å². The number of nitrogens with one attached hydrogen (secondary N) is 1. The lowest BCUT2D eigenvalue weighted by molar-refractivity contribution is -0.137. The van der Waals surface area contributed by atoms with E-state index in [9.17, 15) is 18.0 Å². The third kappa shape index (κ3) is 6.46. The van der Waals surface area contributed by atoms with Crippen molar-refractivity contribution in [2.75, 3.05) is 6.54 Å². The SMILES string of the molecule is Cl.O=C(O)CCNCc1ccc(-c2noc(-c3ccc(-c4ccccc4)c(C(F)(F)F)c3)n2)cc1.